The van der Waals surface area contributed by atoms with Crippen molar-refractivity contribution in [2.75, 3.05) is 5.32 Å². The second kappa shape index (κ2) is 7.27. The number of carbonyl (C=O) groups excluding carboxylic acids is 1. The summed E-state index contributed by atoms with van der Waals surface area (Å²) in [7, 11) is 0. The number of nitrogens with two attached hydrogens (primary N) is 1. The highest BCUT2D eigenvalue weighted by molar-refractivity contribution is 5.93. The molecule has 0 heterocycles. The topological polar surface area (TPSA) is 45.7 Å². The lowest BCUT2D eigenvalue weighted by atomic mass is 9.87. The second-order valence-electron chi connectivity index (χ2n) is 6.39. The van der Waals surface area contributed by atoms with Gasteiger partial charge in [-0.2, -0.15) is 0 Å². The van der Waals surface area contributed by atoms with Gasteiger partial charge in [-0.15, -0.1) is 0 Å². The Balaban J connectivity index is 1.69. The molecule has 2 aromatic rings. The van der Waals surface area contributed by atoms with Crippen LogP contribution in [-0.4, -0.2) is 11.9 Å². The predicted molar refractivity (Wildman–Crippen MR) is 88.5 cm³/mol. The number of carbonyl (C=O) groups is 1. The van der Waals surface area contributed by atoms with Crippen LogP contribution in [-0.2, 0) is 11.2 Å². The van der Waals surface area contributed by atoms with Crippen molar-refractivity contribution in [3.63, 3.8) is 0 Å². The van der Waals surface area contributed by atoms with Crippen LogP contribution in [0.4, 0.5) is 18.9 Å². The molecule has 3 N–H and O–H groups in total. The standard InChI is InChI=1S/C19H19F3N2O/c1-11(19(25)24-16-10-9-14(20)17(21)18(16)22)23-15-8-4-6-12-5-2-3-7-13(12)15/h2-3,5,7,9-11,15,23H,4,6,8H2,1H3,(H,24,25)/p+1/t11-,15+/m0/s1. The van der Waals surface area contributed by atoms with Crippen LogP contribution >= 0.6 is 0 Å². The van der Waals surface area contributed by atoms with E-state index >= 15 is 0 Å². The fraction of sp³-hybridized carbons (Fsp3) is 0.316. The molecule has 3 rings (SSSR count). The van der Waals surface area contributed by atoms with E-state index in [1.807, 2.05) is 17.4 Å². The van der Waals surface area contributed by atoms with Crippen LogP contribution in [0.25, 0.3) is 0 Å². The fourth-order valence-electron chi connectivity index (χ4n) is 3.30. The Bertz CT molecular complexity index is 794. The van der Waals surface area contributed by atoms with E-state index < -0.39 is 29.4 Å². The zero-order valence-corrected chi connectivity index (χ0v) is 13.9. The smallest absolute Gasteiger partial charge is 0.282 e. The molecule has 2 aromatic carbocycles. The van der Waals surface area contributed by atoms with E-state index in [1.165, 1.54) is 11.1 Å². The third-order valence-electron chi connectivity index (χ3n) is 4.64. The van der Waals surface area contributed by atoms with E-state index in [1.54, 1.807) is 6.92 Å². The molecule has 25 heavy (non-hydrogen) atoms. The number of anilines is 1. The monoisotopic (exact) mass is 349 g/mol. The van der Waals surface area contributed by atoms with Crippen molar-refractivity contribution < 1.29 is 23.3 Å². The van der Waals surface area contributed by atoms with Crippen molar-refractivity contribution in [1.82, 2.24) is 0 Å². The molecule has 0 aliphatic heterocycles. The van der Waals surface area contributed by atoms with Crippen LogP contribution < -0.4 is 10.6 Å². The van der Waals surface area contributed by atoms with Gasteiger partial charge < -0.3 is 10.6 Å². The largest absolute Gasteiger partial charge is 0.330 e. The number of amides is 1. The average Bonchev–Trinajstić information content (AvgIpc) is 2.62. The van der Waals surface area contributed by atoms with Gasteiger partial charge >= 0.3 is 0 Å². The molecule has 0 unspecified atom stereocenters. The molecule has 6 heteroatoms. The van der Waals surface area contributed by atoms with E-state index in [0.717, 1.165) is 31.4 Å². The van der Waals surface area contributed by atoms with Crippen molar-refractivity contribution in [1.29, 1.82) is 0 Å². The fourth-order valence-corrected chi connectivity index (χ4v) is 3.30. The van der Waals surface area contributed by atoms with Crippen molar-refractivity contribution >= 4 is 11.6 Å². The minimum absolute atomic E-state index is 0.153. The van der Waals surface area contributed by atoms with E-state index in [9.17, 15) is 18.0 Å². The van der Waals surface area contributed by atoms with Gasteiger partial charge in [-0.25, -0.2) is 13.2 Å². The lowest BCUT2D eigenvalue weighted by Crippen LogP contribution is -2.92. The quantitative estimate of drug-likeness (QED) is 0.819. The Morgan fingerprint density at radius 2 is 1.92 bits per heavy atom. The molecule has 0 spiro atoms. The van der Waals surface area contributed by atoms with Gasteiger partial charge in [0.25, 0.3) is 5.91 Å². The molecule has 0 saturated carbocycles. The number of halogens is 3. The van der Waals surface area contributed by atoms with Crippen LogP contribution in [0.15, 0.2) is 36.4 Å². The number of fused-ring (bicyclic) bond motifs is 1. The Morgan fingerprint density at radius 3 is 2.72 bits per heavy atom. The highest BCUT2D eigenvalue weighted by Crippen LogP contribution is 2.27. The van der Waals surface area contributed by atoms with E-state index in [0.29, 0.717) is 0 Å². The first-order valence-corrected chi connectivity index (χ1v) is 8.34. The molecule has 0 aromatic heterocycles. The first-order valence-electron chi connectivity index (χ1n) is 8.34. The summed E-state index contributed by atoms with van der Waals surface area (Å²) >= 11 is 0. The molecule has 0 fully saturated rings. The summed E-state index contributed by atoms with van der Waals surface area (Å²) < 4.78 is 39.9. The maximum absolute atomic E-state index is 13.7. The average molecular weight is 349 g/mol. The van der Waals surface area contributed by atoms with Crippen LogP contribution in [0, 0.1) is 17.5 Å². The summed E-state index contributed by atoms with van der Waals surface area (Å²) in [6.45, 7) is 1.71. The molecular weight excluding hydrogens is 329 g/mol. The van der Waals surface area contributed by atoms with Crippen molar-refractivity contribution in [3.8, 4) is 0 Å². The molecule has 132 valence electrons. The number of quaternary nitrogens is 1. The highest BCUT2D eigenvalue weighted by Gasteiger charge is 2.28. The van der Waals surface area contributed by atoms with Crippen LogP contribution in [0.2, 0.25) is 0 Å². The lowest BCUT2D eigenvalue weighted by molar-refractivity contribution is -0.714. The second-order valence-corrected chi connectivity index (χ2v) is 6.39. The van der Waals surface area contributed by atoms with Gasteiger partial charge in [0.1, 0.15) is 6.04 Å². The Morgan fingerprint density at radius 1 is 1.16 bits per heavy atom. The minimum Gasteiger partial charge on any atom is -0.330 e. The van der Waals surface area contributed by atoms with Gasteiger partial charge in [0.05, 0.1) is 5.69 Å². The number of rotatable bonds is 4. The number of benzene rings is 2. The predicted octanol–water partition coefficient (Wildman–Crippen LogP) is 3.07. The summed E-state index contributed by atoms with van der Waals surface area (Å²) in [5.41, 5.74) is 2.15. The number of hydrogen-bond acceptors (Lipinski definition) is 1. The van der Waals surface area contributed by atoms with Gasteiger partial charge in [-0.3, -0.25) is 4.79 Å². The normalized spacial score (nSPS) is 17.7. The molecule has 0 saturated heterocycles. The van der Waals surface area contributed by atoms with Gasteiger partial charge in [-0.1, -0.05) is 24.3 Å². The third kappa shape index (κ3) is 3.69. The first kappa shape index (κ1) is 17.5. The maximum Gasteiger partial charge on any atom is 0.282 e. The lowest BCUT2D eigenvalue weighted by Gasteiger charge is -2.26. The Labute approximate surface area is 144 Å². The van der Waals surface area contributed by atoms with Gasteiger partial charge in [-0.05, 0) is 37.5 Å². The molecule has 2 atom stereocenters. The van der Waals surface area contributed by atoms with Gasteiger partial charge in [0, 0.05) is 12.0 Å². The molecule has 1 aliphatic rings. The van der Waals surface area contributed by atoms with Crippen molar-refractivity contribution in [2.24, 2.45) is 0 Å². The summed E-state index contributed by atoms with van der Waals surface area (Å²) in [6, 6.07) is 9.61. The van der Waals surface area contributed by atoms with Crippen molar-refractivity contribution in [3.05, 3.63) is 65.0 Å². The van der Waals surface area contributed by atoms with Gasteiger partial charge in [0.2, 0.25) is 0 Å². The molecular formula is C19H20F3N2O+. The summed E-state index contributed by atoms with van der Waals surface area (Å²) in [5.74, 6) is -4.71. The summed E-state index contributed by atoms with van der Waals surface area (Å²) in [5, 5.41) is 4.28. The zero-order valence-electron chi connectivity index (χ0n) is 13.9. The minimum atomic E-state index is -1.59. The first-order chi connectivity index (χ1) is 12.0. The number of hydrogen-bond donors (Lipinski definition) is 2. The van der Waals surface area contributed by atoms with E-state index in [2.05, 4.69) is 17.4 Å². The summed E-state index contributed by atoms with van der Waals surface area (Å²) in [4.78, 5) is 12.3. The molecule has 3 nitrogen and oxygen atoms in total. The van der Waals surface area contributed by atoms with Crippen LogP contribution in [0.5, 0.6) is 0 Å². The van der Waals surface area contributed by atoms with E-state index in [-0.39, 0.29) is 11.7 Å². The zero-order chi connectivity index (χ0) is 18.0. The SMILES string of the molecule is C[C@H]([NH2+][C@@H]1CCCc2ccccc21)C(=O)Nc1ccc(F)c(F)c1F. The Hall–Kier alpha value is -2.34. The van der Waals surface area contributed by atoms with Crippen molar-refractivity contribution in [2.45, 2.75) is 38.3 Å². The number of aryl methyl sites for hydroxylation is 1. The molecule has 1 aliphatic carbocycles. The third-order valence-corrected chi connectivity index (χ3v) is 4.64. The highest BCUT2D eigenvalue weighted by atomic mass is 19.2. The molecule has 0 radical (unpaired) electrons. The van der Waals surface area contributed by atoms with Gasteiger partial charge in [0.15, 0.2) is 23.5 Å². The molecule has 0 bridgehead atoms. The van der Waals surface area contributed by atoms with Crippen LogP contribution in [0.3, 0.4) is 0 Å². The van der Waals surface area contributed by atoms with E-state index in [4.69, 9.17) is 0 Å². The molecule has 1 amide bonds. The summed E-state index contributed by atoms with van der Waals surface area (Å²) in [6.07, 6.45) is 3.03. The maximum atomic E-state index is 13.7. The van der Waals surface area contributed by atoms with Crippen LogP contribution in [0.1, 0.15) is 36.9 Å². The Kier molecular flexibility index (Phi) is 5.08. The number of nitrogens with one attached hydrogen (secondary N) is 1.